The van der Waals surface area contributed by atoms with Gasteiger partial charge in [-0.1, -0.05) is 0 Å². The first-order chi connectivity index (χ1) is 13.7. The second kappa shape index (κ2) is 9.75. The van der Waals surface area contributed by atoms with Crippen molar-refractivity contribution < 1.29 is 19.1 Å². The Hall–Kier alpha value is -3.06. The fourth-order valence-electron chi connectivity index (χ4n) is 2.87. The molecule has 2 aromatic carbocycles. The summed E-state index contributed by atoms with van der Waals surface area (Å²) in [5, 5.41) is 5.88. The topological polar surface area (TPSA) is 79.9 Å². The van der Waals surface area contributed by atoms with Crippen LogP contribution < -0.4 is 15.4 Å². The molecule has 1 saturated heterocycles. The molecule has 1 fully saturated rings. The van der Waals surface area contributed by atoms with E-state index in [-0.39, 0.29) is 18.4 Å². The summed E-state index contributed by atoms with van der Waals surface area (Å²) < 4.78 is 10.6. The lowest BCUT2D eigenvalue weighted by Crippen LogP contribution is -2.40. The predicted octanol–water partition coefficient (Wildman–Crippen LogP) is 2.61. The van der Waals surface area contributed by atoms with Gasteiger partial charge in [0.2, 0.25) is 5.91 Å². The first-order valence-electron chi connectivity index (χ1n) is 9.39. The zero-order chi connectivity index (χ0) is 19.8. The molecular formula is C21H25N3O4. The van der Waals surface area contributed by atoms with E-state index in [1.807, 2.05) is 19.1 Å². The van der Waals surface area contributed by atoms with Gasteiger partial charge in [-0.3, -0.25) is 9.59 Å². The van der Waals surface area contributed by atoms with Crippen molar-refractivity contribution in [3.63, 3.8) is 0 Å². The van der Waals surface area contributed by atoms with E-state index in [0.717, 1.165) is 11.4 Å². The maximum Gasteiger partial charge on any atom is 0.254 e. The van der Waals surface area contributed by atoms with E-state index in [1.165, 1.54) is 0 Å². The van der Waals surface area contributed by atoms with Crippen LogP contribution in [0.2, 0.25) is 0 Å². The van der Waals surface area contributed by atoms with Crippen molar-refractivity contribution in [3.05, 3.63) is 54.1 Å². The van der Waals surface area contributed by atoms with Crippen LogP contribution in [-0.4, -0.2) is 56.2 Å². The van der Waals surface area contributed by atoms with Gasteiger partial charge in [0, 0.05) is 30.0 Å². The van der Waals surface area contributed by atoms with Crippen LogP contribution in [0.4, 0.5) is 11.4 Å². The van der Waals surface area contributed by atoms with Crippen molar-refractivity contribution in [1.29, 1.82) is 0 Å². The van der Waals surface area contributed by atoms with E-state index >= 15 is 0 Å². The number of benzene rings is 2. The largest absolute Gasteiger partial charge is 0.494 e. The van der Waals surface area contributed by atoms with Gasteiger partial charge < -0.3 is 25.0 Å². The van der Waals surface area contributed by atoms with E-state index in [2.05, 4.69) is 10.6 Å². The van der Waals surface area contributed by atoms with E-state index in [0.29, 0.717) is 44.2 Å². The normalized spacial score (nSPS) is 13.7. The second-order valence-electron chi connectivity index (χ2n) is 6.34. The average molecular weight is 383 g/mol. The van der Waals surface area contributed by atoms with Crippen molar-refractivity contribution in [2.75, 3.05) is 50.1 Å². The number of anilines is 2. The van der Waals surface area contributed by atoms with Gasteiger partial charge in [0.15, 0.2) is 0 Å². The van der Waals surface area contributed by atoms with Crippen LogP contribution in [0.3, 0.4) is 0 Å². The number of carbonyl (C=O) groups excluding carboxylic acids is 2. The third-order valence-corrected chi connectivity index (χ3v) is 4.33. The van der Waals surface area contributed by atoms with E-state index < -0.39 is 0 Å². The molecule has 7 nitrogen and oxygen atoms in total. The molecule has 3 rings (SSSR count). The van der Waals surface area contributed by atoms with Crippen molar-refractivity contribution >= 4 is 23.2 Å². The van der Waals surface area contributed by atoms with Crippen molar-refractivity contribution in [1.82, 2.24) is 4.90 Å². The first kappa shape index (κ1) is 19.7. The van der Waals surface area contributed by atoms with Crippen molar-refractivity contribution in [3.8, 4) is 5.75 Å². The Morgan fingerprint density at radius 2 is 1.64 bits per heavy atom. The molecule has 0 bridgehead atoms. The van der Waals surface area contributed by atoms with Gasteiger partial charge in [-0.15, -0.1) is 0 Å². The van der Waals surface area contributed by atoms with Gasteiger partial charge in [-0.05, 0) is 55.5 Å². The van der Waals surface area contributed by atoms with Gasteiger partial charge in [0.05, 0.1) is 26.4 Å². The number of ether oxygens (including phenoxy) is 2. The lowest BCUT2D eigenvalue weighted by molar-refractivity contribution is -0.114. The molecule has 1 heterocycles. The monoisotopic (exact) mass is 383 g/mol. The molecule has 0 unspecified atom stereocenters. The van der Waals surface area contributed by atoms with Crippen LogP contribution in [0, 0.1) is 0 Å². The Bertz CT molecular complexity index is 784. The number of nitrogens with one attached hydrogen (secondary N) is 2. The van der Waals surface area contributed by atoms with Crippen LogP contribution in [-0.2, 0) is 9.53 Å². The molecule has 2 N–H and O–H groups in total. The molecule has 1 aliphatic heterocycles. The smallest absolute Gasteiger partial charge is 0.254 e. The number of morpholine rings is 1. The summed E-state index contributed by atoms with van der Waals surface area (Å²) in [6, 6.07) is 14.4. The van der Waals surface area contributed by atoms with Crippen LogP contribution in [0.25, 0.3) is 0 Å². The highest BCUT2D eigenvalue weighted by molar-refractivity contribution is 5.95. The highest BCUT2D eigenvalue weighted by Gasteiger charge is 2.18. The molecular weight excluding hydrogens is 358 g/mol. The standard InChI is InChI=1S/C21H25N3O4/c1-2-28-19-9-7-18(8-10-19)23-20(25)15-22-17-5-3-16(4-6-17)21(26)24-11-13-27-14-12-24/h3-10,22H,2,11-15H2,1H3,(H,23,25). The number of amides is 2. The highest BCUT2D eigenvalue weighted by atomic mass is 16.5. The Kier molecular flexibility index (Phi) is 6.86. The summed E-state index contributed by atoms with van der Waals surface area (Å²) in [4.78, 5) is 26.3. The van der Waals surface area contributed by atoms with E-state index in [1.54, 1.807) is 41.3 Å². The number of carbonyl (C=O) groups is 2. The third-order valence-electron chi connectivity index (χ3n) is 4.33. The maximum absolute atomic E-state index is 12.4. The Morgan fingerprint density at radius 1 is 1.00 bits per heavy atom. The van der Waals surface area contributed by atoms with Crippen LogP contribution >= 0.6 is 0 Å². The fraction of sp³-hybridized carbons (Fsp3) is 0.333. The third kappa shape index (κ3) is 5.47. The maximum atomic E-state index is 12.4. The van der Waals surface area contributed by atoms with Gasteiger partial charge in [0.25, 0.3) is 5.91 Å². The van der Waals surface area contributed by atoms with Gasteiger partial charge in [-0.25, -0.2) is 0 Å². The predicted molar refractivity (Wildman–Crippen MR) is 108 cm³/mol. The summed E-state index contributed by atoms with van der Waals surface area (Å²) >= 11 is 0. The molecule has 148 valence electrons. The number of rotatable bonds is 7. The van der Waals surface area contributed by atoms with Crippen molar-refractivity contribution in [2.45, 2.75) is 6.92 Å². The SMILES string of the molecule is CCOc1ccc(NC(=O)CNc2ccc(C(=O)N3CCOCC3)cc2)cc1. The number of hydrogen-bond donors (Lipinski definition) is 2. The van der Waals surface area contributed by atoms with Crippen molar-refractivity contribution in [2.24, 2.45) is 0 Å². The molecule has 2 amide bonds. The molecule has 0 radical (unpaired) electrons. The first-order valence-corrected chi connectivity index (χ1v) is 9.39. The summed E-state index contributed by atoms with van der Waals surface area (Å²) in [7, 11) is 0. The average Bonchev–Trinajstić information content (AvgIpc) is 2.74. The minimum atomic E-state index is -0.155. The lowest BCUT2D eigenvalue weighted by atomic mass is 10.1. The van der Waals surface area contributed by atoms with Gasteiger partial charge >= 0.3 is 0 Å². The second-order valence-corrected chi connectivity index (χ2v) is 6.34. The summed E-state index contributed by atoms with van der Waals surface area (Å²) in [6.45, 7) is 5.04. The zero-order valence-electron chi connectivity index (χ0n) is 15.9. The Balaban J connectivity index is 1.47. The molecule has 0 aliphatic carbocycles. The Labute approximate surface area is 164 Å². The van der Waals surface area contributed by atoms with E-state index in [9.17, 15) is 9.59 Å². The lowest BCUT2D eigenvalue weighted by Gasteiger charge is -2.26. The summed E-state index contributed by atoms with van der Waals surface area (Å²) in [6.07, 6.45) is 0. The molecule has 0 atom stereocenters. The molecule has 0 aromatic heterocycles. The van der Waals surface area contributed by atoms with Gasteiger partial charge in [-0.2, -0.15) is 0 Å². The molecule has 0 spiro atoms. The Morgan fingerprint density at radius 3 is 2.29 bits per heavy atom. The molecule has 7 heteroatoms. The van der Waals surface area contributed by atoms with Gasteiger partial charge in [0.1, 0.15) is 5.75 Å². The number of nitrogens with zero attached hydrogens (tertiary/aromatic N) is 1. The highest BCUT2D eigenvalue weighted by Crippen LogP contribution is 2.16. The van der Waals surface area contributed by atoms with Crippen LogP contribution in [0.15, 0.2) is 48.5 Å². The minimum absolute atomic E-state index is 0.00286. The number of hydrogen-bond acceptors (Lipinski definition) is 5. The molecule has 0 saturated carbocycles. The van der Waals surface area contributed by atoms with Crippen LogP contribution in [0.1, 0.15) is 17.3 Å². The minimum Gasteiger partial charge on any atom is -0.494 e. The summed E-state index contributed by atoms with van der Waals surface area (Å²) in [5.41, 5.74) is 2.12. The fourth-order valence-corrected chi connectivity index (χ4v) is 2.87. The van der Waals surface area contributed by atoms with E-state index in [4.69, 9.17) is 9.47 Å². The molecule has 1 aliphatic rings. The molecule has 28 heavy (non-hydrogen) atoms. The van der Waals surface area contributed by atoms with Crippen LogP contribution in [0.5, 0.6) is 5.75 Å². The summed E-state index contributed by atoms with van der Waals surface area (Å²) in [5.74, 6) is 0.617. The quantitative estimate of drug-likeness (QED) is 0.768. The zero-order valence-corrected chi connectivity index (χ0v) is 15.9. The molecule has 2 aromatic rings.